The molecule has 1 heterocycles. The summed E-state index contributed by atoms with van der Waals surface area (Å²) in [6.07, 6.45) is 0.843. The first kappa shape index (κ1) is 20.6. The Kier molecular flexibility index (Phi) is 6.70. The maximum absolute atomic E-state index is 12.3. The molecule has 1 amide bonds. The van der Waals surface area contributed by atoms with Crippen molar-refractivity contribution in [2.24, 2.45) is 0 Å². The maximum Gasteiger partial charge on any atom is 0.251 e. The minimum absolute atomic E-state index is 0.0550. The van der Waals surface area contributed by atoms with E-state index in [9.17, 15) is 4.79 Å². The minimum atomic E-state index is -0.0550. The molecule has 5 heteroatoms. The molecule has 0 fully saturated rings. The molecule has 0 aliphatic heterocycles. The van der Waals surface area contributed by atoms with E-state index in [1.807, 2.05) is 74.8 Å². The lowest BCUT2D eigenvalue weighted by atomic mass is 10.1. The lowest BCUT2D eigenvalue weighted by molar-refractivity contribution is 0.0952. The van der Waals surface area contributed by atoms with Crippen LogP contribution in [0, 0.1) is 27.7 Å². The van der Waals surface area contributed by atoms with E-state index in [2.05, 4.69) is 16.5 Å². The number of nitrogens with zero attached hydrogens (tertiary/aromatic N) is 2. The van der Waals surface area contributed by atoms with E-state index >= 15 is 0 Å². The second kappa shape index (κ2) is 9.41. The van der Waals surface area contributed by atoms with Crippen molar-refractivity contribution in [3.8, 4) is 5.75 Å². The van der Waals surface area contributed by atoms with Crippen molar-refractivity contribution in [3.63, 3.8) is 0 Å². The molecule has 3 aromatic rings. The van der Waals surface area contributed by atoms with Crippen LogP contribution in [0.4, 0.5) is 0 Å². The fourth-order valence-corrected chi connectivity index (χ4v) is 3.37. The number of para-hydroxylation sites is 1. The molecule has 152 valence electrons. The number of hydrogen-bond donors (Lipinski definition) is 1. The van der Waals surface area contributed by atoms with Gasteiger partial charge in [0, 0.05) is 24.3 Å². The first-order chi connectivity index (χ1) is 13.9. The predicted molar refractivity (Wildman–Crippen MR) is 115 cm³/mol. The zero-order valence-corrected chi connectivity index (χ0v) is 17.7. The van der Waals surface area contributed by atoms with Crippen LogP contribution in [0.1, 0.15) is 44.9 Å². The summed E-state index contributed by atoms with van der Waals surface area (Å²) < 4.78 is 7.96. The van der Waals surface area contributed by atoms with Gasteiger partial charge < -0.3 is 10.1 Å². The standard InChI is InChI=1S/C24H29N3O2/c1-17-7-5-8-18(2)23(17)29-16-21-9-11-22(12-10-21)24(28)25-13-6-14-27-20(4)15-19(3)26-27/h5,7-12,15H,6,13-14,16H2,1-4H3,(H,25,28). The second-order valence-electron chi connectivity index (χ2n) is 7.47. The van der Waals surface area contributed by atoms with Crippen molar-refractivity contribution in [1.29, 1.82) is 0 Å². The van der Waals surface area contributed by atoms with Crippen LogP contribution in [0.15, 0.2) is 48.5 Å². The maximum atomic E-state index is 12.3. The zero-order valence-electron chi connectivity index (χ0n) is 17.7. The number of carbonyl (C=O) groups excluding carboxylic acids is 1. The number of carbonyl (C=O) groups is 1. The number of rotatable bonds is 8. The fraction of sp³-hybridized carbons (Fsp3) is 0.333. The molecule has 2 aromatic carbocycles. The first-order valence-corrected chi connectivity index (χ1v) is 10.0. The number of ether oxygens (including phenoxy) is 1. The van der Waals surface area contributed by atoms with Crippen LogP contribution in [0.5, 0.6) is 5.75 Å². The highest BCUT2D eigenvalue weighted by molar-refractivity contribution is 5.94. The molecule has 0 radical (unpaired) electrons. The van der Waals surface area contributed by atoms with Gasteiger partial charge in [0.05, 0.1) is 5.69 Å². The number of amides is 1. The van der Waals surface area contributed by atoms with Gasteiger partial charge in [0.1, 0.15) is 12.4 Å². The molecule has 0 unspecified atom stereocenters. The van der Waals surface area contributed by atoms with Gasteiger partial charge in [-0.1, -0.05) is 30.3 Å². The average molecular weight is 392 g/mol. The minimum Gasteiger partial charge on any atom is -0.488 e. The quantitative estimate of drug-likeness (QED) is 0.575. The summed E-state index contributed by atoms with van der Waals surface area (Å²) in [6, 6.07) is 15.8. The second-order valence-corrected chi connectivity index (χ2v) is 7.47. The summed E-state index contributed by atoms with van der Waals surface area (Å²) in [4.78, 5) is 12.3. The molecule has 3 rings (SSSR count). The van der Waals surface area contributed by atoms with E-state index in [1.165, 1.54) is 0 Å². The Morgan fingerprint density at radius 2 is 1.72 bits per heavy atom. The number of aryl methyl sites for hydroxylation is 5. The Bertz CT molecular complexity index is 954. The fourth-order valence-electron chi connectivity index (χ4n) is 3.37. The first-order valence-electron chi connectivity index (χ1n) is 10.0. The molecule has 5 nitrogen and oxygen atoms in total. The van der Waals surface area contributed by atoms with E-state index < -0.39 is 0 Å². The molecule has 0 atom stereocenters. The number of hydrogen-bond acceptors (Lipinski definition) is 3. The van der Waals surface area contributed by atoms with E-state index in [0.29, 0.717) is 18.7 Å². The van der Waals surface area contributed by atoms with Crippen LogP contribution in [0.3, 0.4) is 0 Å². The lowest BCUT2D eigenvalue weighted by Crippen LogP contribution is -2.25. The molecule has 0 aliphatic carbocycles. The molecule has 29 heavy (non-hydrogen) atoms. The van der Waals surface area contributed by atoms with Gasteiger partial charge in [-0.3, -0.25) is 9.48 Å². The molecule has 0 saturated heterocycles. The smallest absolute Gasteiger partial charge is 0.251 e. The molecule has 0 aliphatic rings. The number of benzene rings is 2. The summed E-state index contributed by atoms with van der Waals surface area (Å²) in [7, 11) is 0. The summed E-state index contributed by atoms with van der Waals surface area (Å²) in [5, 5.41) is 7.41. The summed E-state index contributed by atoms with van der Waals surface area (Å²) >= 11 is 0. The van der Waals surface area contributed by atoms with Gasteiger partial charge in [-0.2, -0.15) is 5.10 Å². The van der Waals surface area contributed by atoms with Gasteiger partial charge in [-0.25, -0.2) is 0 Å². The molecule has 0 spiro atoms. The normalized spacial score (nSPS) is 10.8. The summed E-state index contributed by atoms with van der Waals surface area (Å²) in [5.74, 6) is 0.873. The van der Waals surface area contributed by atoms with Crippen LogP contribution in [-0.4, -0.2) is 22.2 Å². The van der Waals surface area contributed by atoms with E-state index in [-0.39, 0.29) is 5.91 Å². The van der Waals surface area contributed by atoms with Gasteiger partial charge in [-0.15, -0.1) is 0 Å². The lowest BCUT2D eigenvalue weighted by Gasteiger charge is -2.12. The highest BCUT2D eigenvalue weighted by Gasteiger charge is 2.07. The van der Waals surface area contributed by atoms with Crippen molar-refractivity contribution in [3.05, 3.63) is 82.2 Å². The Hall–Kier alpha value is -3.08. The van der Waals surface area contributed by atoms with Crippen molar-refractivity contribution in [2.45, 2.75) is 47.3 Å². The highest BCUT2D eigenvalue weighted by Crippen LogP contribution is 2.23. The summed E-state index contributed by atoms with van der Waals surface area (Å²) in [6.45, 7) is 10.0. The van der Waals surface area contributed by atoms with Crippen LogP contribution < -0.4 is 10.1 Å². The van der Waals surface area contributed by atoms with Crippen LogP contribution in [-0.2, 0) is 13.2 Å². The van der Waals surface area contributed by atoms with Crippen LogP contribution >= 0.6 is 0 Å². The third-order valence-corrected chi connectivity index (χ3v) is 4.94. The van der Waals surface area contributed by atoms with Crippen molar-refractivity contribution in [1.82, 2.24) is 15.1 Å². The van der Waals surface area contributed by atoms with Gasteiger partial charge in [-0.05, 0) is 69.0 Å². The van der Waals surface area contributed by atoms with Gasteiger partial charge >= 0.3 is 0 Å². The summed E-state index contributed by atoms with van der Waals surface area (Å²) in [5.41, 5.74) is 6.12. The molecular formula is C24H29N3O2. The topological polar surface area (TPSA) is 56.2 Å². The average Bonchev–Trinajstić information content (AvgIpc) is 3.02. The third-order valence-electron chi connectivity index (χ3n) is 4.94. The van der Waals surface area contributed by atoms with E-state index in [1.54, 1.807) is 0 Å². The Labute approximate surface area is 172 Å². The molecule has 1 N–H and O–H groups in total. The van der Waals surface area contributed by atoms with E-state index in [4.69, 9.17) is 4.74 Å². The molecule has 1 aromatic heterocycles. The Morgan fingerprint density at radius 1 is 1.03 bits per heavy atom. The van der Waals surface area contributed by atoms with Crippen LogP contribution in [0.25, 0.3) is 0 Å². The highest BCUT2D eigenvalue weighted by atomic mass is 16.5. The molecule has 0 bridgehead atoms. The number of aromatic nitrogens is 2. The van der Waals surface area contributed by atoms with Crippen LogP contribution in [0.2, 0.25) is 0 Å². The van der Waals surface area contributed by atoms with E-state index in [0.717, 1.165) is 46.8 Å². The predicted octanol–water partition coefficient (Wildman–Crippen LogP) is 4.52. The number of nitrogens with one attached hydrogen (secondary N) is 1. The largest absolute Gasteiger partial charge is 0.488 e. The Balaban J connectivity index is 1.46. The van der Waals surface area contributed by atoms with Gasteiger partial charge in [0.2, 0.25) is 0 Å². The van der Waals surface area contributed by atoms with Crippen molar-refractivity contribution in [2.75, 3.05) is 6.54 Å². The third kappa shape index (κ3) is 5.47. The van der Waals surface area contributed by atoms with Crippen molar-refractivity contribution < 1.29 is 9.53 Å². The molecular weight excluding hydrogens is 362 g/mol. The monoisotopic (exact) mass is 391 g/mol. The van der Waals surface area contributed by atoms with Gasteiger partial charge in [0.15, 0.2) is 0 Å². The zero-order chi connectivity index (χ0) is 20.8. The van der Waals surface area contributed by atoms with Gasteiger partial charge in [0.25, 0.3) is 5.91 Å². The SMILES string of the molecule is Cc1cc(C)n(CCCNC(=O)c2ccc(COc3c(C)cccc3C)cc2)n1. The molecule has 0 saturated carbocycles. The van der Waals surface area contributed by atoms with Crippen molar-refractivity contribution >= 4 is 5.91 Å². The Morgan fingerprint density at radius 3 is 2.34 bits per heavy atom.